The molecule has 0 radical (unpaired) electrons. The normalized spacial score (nSPS) is 12.2. The van der Waals surface area contributed by atoms with Crippen LogP contribution in [0.25, 0.3) is 0 Å². The van der Waals surface area contributed by atoms with Gasteiger partial charge in [0.25, 0.3) is 0 Å². The van der Waals surface area contributed by atoms with Crippen LogP contribution in [0.4, 0.5) is 4.79 Å². The quantitative estimate of drug-likeness (QED) is 0.573. The highest BCUT2D eigenvalue weighted by molar-refractivity contribution is 5.81. The fraction of sp³-hybridized carbons (Fsp3) is 0.786. The predicted octanol–water partition coefficient (Wildman–Crippen LogP) is 2.53. The van der Waals surface area contributed by atoms with E-state index >= 15 is 0 Å². The molecule has 0 aliphatic heterocycles. The van der Waals surface area contributed by atoms with Gasteiger partial charge in [0.15, 0.2) is 6.61 Å². The number of unbranched alkanes of at least 4 members (excludes halogenated alkanes) is 2. The Kier molecular flexibility index (Phi) is 8.37. The van der Waals surface area contributed by atoms with Gasteiger partial charge in [-0.3, -0.25) is 0 Å². The van der Waals surface area contributed by atoms with Gasteiger partial charge in [-0.15, -0.1) is 0 Å². The van der Waals surface area contributed by atoms with Crippen molar-refractivity contribution in [2.75, 3.05) is 6.61 Å². The van der Waals surface area contributed by atoms with Crippen LogP contribution in [-0.4, -0.2) is 30.3 Å². The van der Waals surface area contributed by atoms with Crippen molar-refractivity contribution in [1.29, 1.82) is 5.26 Å². The second kappa shape index (κ2) is 9.18. The lowest BCUT2D eigenvalue weighted by molar-refractivity contribution is -0.145. The third kappa shape index (κ3) is 9.20. The number of carbonyl (C=O) groups is 2. The molecule has 20 heavy (non-hydrogen) atoms. The molecule has 114 valence electrons. The van der Waals surface area contributed by atoms with Gasteiger partial charge in [-0.25, -0.2) is 9.59 Å². The van der Waals surface area contributed by atoms with Crippen molar-refractivity contribution in [3.63, 3.8) is 0 Å². The van der Waals surface area contributed by atoms with Crippen LogP contribution in [0.5, 0.6) is 0 Å². The Morgan fingerprint density at radius 3 is 2.45 bits per heavy atom. The molecule has 0 aromatic rings. The number of hydrogen-bond donors (Lipinski definition) is 1. The minimum Gasteiger partial charge on any atom is -0.449 e. The SMILES string of the molecule is CCCCC[C@H](NC(=O)OC(C)(C)C)C(=O)OCC#N. The molecular weight excluding hydrogens is 260 g/mol. The summed E-state index contributed by atoms with van der Waals surface area (Å²) in [5.41, 5.74) is -0.630. The molecule has 0 heterocycles. The smallest absolute Gasteiger partial charge is 0.408 e. The maximum Gasteiger partial charge on any atom is 0.408 e. The molecule has 0 saturated heterocycles. The molecule has 0 unspecified atom stereocenters. The van der Waals surface area contributed by atoms with E-state index in [0.29, 0.717) is 6.42 Å². The molecule has 0 rings (SSSR count). The molecule has 0 bridgehead atoms. The van der Waals surface area contributed by atoms with Gasteiger partial charge in [-0.2, -0.15) is 5.26 Å². The molecular formula is C14H24N2O4. The summed E-state index contributed by atoms with van der Waals surface area (Å²) in [5.74, 6) is -0.603. The highest BCUT2D eigenvalue weighted by Gasteiger charge is 2.25. The fourth-order valence-corrected chi connectivity index (χ4v) is 1.50. The average Bonchev–Trinajstić information content (AvgIpc) is 2.32. The number of esters is 1. The zero-order chi connectivity index (χ0) is 15.6. The van der Waals surface area contributed by atoms with Crippen LogP contribution in [-0.2, 0) is 14.3 Å². The Morgan fingerprint density at radius 1 is 1.30 bits per heavy atom. The first-order valence-corrected chi connectivity index (χ1v) is 6.83. The van der Waals surface area contributed by atoms with E-state index < -0.39 is 23.7 Å². The molecule has 6 heteroatoms. The molecule has 0 spiro atoms. The van der Waals surface area contributed by atoms with E-state index in [4.69, 9.17) is 14.7 Å². The first kappa shape index (κ1) is 18.2. The molecule has 6 nitrogen and oxygen atoms in total. The Hall–Kier alpha value is -1.77. The van der Waals surface area contributed by atoms with E-state index in [1.54, 1.807) is 26.8 Å². The molecule has 0 fully saturated rings. The summed E-state index contributed by atoms with van der Waals surface area (Å²) < 4.78 is 9.85. The topological polar surface area (TPSA) is 88.4 Å². The molecule has 0 aromatic heterocycles. The lowest BCUT2D eigenvalue weighted by Gasteiger charge is -2.22. The second-order valence-corrected chi connectivity index (χ2v) is 5.46. The van der Waals surface area contributed by atoms with Gasteiger partial charge in [0.1, 0.15) is 17.7 Å². The van der Waals surface area contributed by atoms with Gasteiger partial charge in [-0.1, -0.05) is 26.2 Å². The van der Waals surface area contributed by atoms with Gasteiger partial charge in [0.2, 0.25) is 0 Å². The van der Waals surface area contributed by atoms with Crippen LogP contribution in [0, 0.1) is 11.3 Å². The number of nitrogens with one attached hydrogen (secondary N) is 1. The summed E-state index contributed by atoms with van der Waals surface area (Å²) in [6, 6.07) is 0.952. The highest BCUT2D eigenvalue weighted by atomic mass is 16.6. The second-order valence-electron chi connectivity index (χ2n) is 5.46. The maximum atomic E-state index is 11.8. The molecule has 0 aliphatic carbocycles. The minimum absolute atomic E-state index is 0.320. The van der Waals surface area contributed by atoms with Crippen molar-refractivity contribution in [3.05, 3.63) is 0 Å². The average molecular weight is 284 g/mol. The fourth-order valence-electron chi connectivity index (χ4n) is 1.50. The molecule has 1 amide bonds. The molecule has 1 atom stereocenters. The Morgan fingerprint density at radius 2 is 1.95 bits per heavy atom. The molecule has 0 aromatic carbocycles. The van der Waals surface area contributed by atoms with E-state index in [1.807, 2.05) is 6.92 Å². The predicted molar refractivity (Wildman–Crippen MR) is 73.9 cm³/mol. The van der Waals surface area contributed by atoms with Crippen LogP contribution < -0.4 is 5.32 Å². The van der Waals surface area contributed by atoms with Crippen molar-refractivity contribution in [2.45, 2.75) is 65.0 Å². The Bertz CT molecular complexity index is 355. The monoisotopic (exact) mass is 284 g/mol. The molecule has 0 aliphatic rings. The molecule has 1 N–H and O–H groups in total. The number of nitriles is 1. The molecule has 0 saturated carbocycles. The maximum absolute atomic E-state index is 11.8. The van der Waals surface area contributed by atoms with E-state index in [9.17, 15) is 9.59 Å². The highest BCUT2D eigenvalue weighted by Crippen LogP contribution is 2.09. The van der Waals surface area contributed by atoms with Gasteiger partial charge < -0.3 is 14.8 Å². The number of ether oxygens (including phenoxy) is 2. The largest absolute Gasteiger partial charge is 0.449 e. The third-order valence-corrected chi connectivity index (χ3v) is 2.35. The number of alkyl carbamates (subject to hydrolysis) is 1. The zero-order valence-electron chi connectivity index (χ0n) is 12.7. The van der Waals surface area contributed by atoms with Gasteiger partial charge in [0, 0.05) is 0 Å². The summed E-state index contributed by atoms with van der Waals surface area (Å²) in [4.78, 5) is 23.4. The van der Waals surface area contributed by atoms with Crippen LogP contribution >= 0.6 is 0 Å². The lowest BCUT2D eigenvalue weighted by Crippen LogP contribution is -2.44. The minimum atomic E-state index is -0.773. The van der Waals surface area contributed by atoms with Crippen LogP contribution in [0.2, 0.25) is 0 Å². The Balaban J connectivity index is 4.47. The summed E-state index contributed by atoms with van der Waals surface area (Å²) in [5, 5.41) is 10.9. The first-order valence-electron chi connectivity index (χ1n) is 6.83. The van der Waals surface area contributed by atoms with Gasteiger partial charge in [-0.05, 0) is 27.2 Å². The Labute approximate surface area is 120 Å². The van der Waals surface area contributed by atoms with E-state index in [0.717, 1.165) is 19.3 Å². The number of carbonyl (C=O) groups excluding carboxylic acids is 2. The van der Waals surface area contributed by atoms with Gasteiger partial charge >= 0.3 is 12.1 Å². The van der Waals surface area contributed by atoms with Crippen LogP contribution in [0.1, 0.15) is 53.4 Å². The summed E-state index contributed by atoms with van der Waals surface area (Å²) in [7, 11) is 0. The third-order valence-electron chi connectivity index (χ3n) is 2.35. The van der Waals surface area contributed by atoms with Crippen molar-refractivity contribution in [2.24, 2.45) is 0 Å². The van der Waals surface area contributed by atoms with Crippen LogP contribution in [0.15, 0.2) is 0 Å². The van der Waals surface area contributed by atoms with E-state index in [1.165, 1.54) is 0 Å². The van der Waals surface area contributed by atoms with E-state index in [-0.39, 0.29) is 6.61 Å². The van der Waals surface area contributed by atoms with E-state index in [2.05, 4.69) is 5.32 Å². The van der Waals surface area contributed by atoms with Gasteiger partial charge in [0.05, 0.1) is 0 Å². The van der Waals surface area contributed by atoms with Crippen LogP contribution in [0.3, 0.4) is 0 Å². The summed E-state index contributed by atoms with van der Waals surface area (Å²) in [6.07, 6.45) is 2.56. The summed E-state index contributed by atoms with van der Waals surface area (Å²) in [6.45, 7) is 6.95. The lowest BCUT2D eigenvalue weighted by atomic mass is 10.1. The van der Waals surface area contributed by atoms with Crippen molar-refractivity contribution in [3.8, 4) is 6.07 Å². The summed E-state index contributed by atoms with van der Waals surface area (Å²) >= 11 is 0. The van der Waals surface area contributed by atoms with Crippen molar-refractivity contribution in [1.82, 2.24) is 5.32 Å². The van der Waals surface area contributed by atoms with Crippen molar-refractivity contribution < 1.29 is 19.1 Å². The number of nitrogens with zero attached hydrogens (tertiary/aromatic N) is 1. The zero-order valence-corrected chi connectivity index (χ0v) is 12.7. The standard InChI is InChI=1S/C14H24N2O4/c1-5-6-7-8-11(12(17)19-10-9-15)16-13(18)20-14(2,3)4/h11H,5-8,10H2,1-4H3,(H,16,18)/t11-/m0/s1. The number of rotatable bonds is 7. The number of amides is 1. The first-order chi connectivity index (χ1) is 9.30. The van der Waals surface area contributed by atoms with Crippen molar-refractivity contribution >= 4 is 12.1 Å². The number of hydrogen-bond acceptors (Lipinski definition) is 5.